The minimum Gasteiger partial charge on any atom is -0.445 e. The first kappa shape index (κ1) is 15.5. The second-order valence-electron chi connectivity index (χ2n) is 5.96. The quantitative estimate of drug-likeness (QED) is 0.631. The molecule has 0 saturated carbocycles. The topological polar surface area (TPSA) is 72.9 Å². The Labute approximate surface area is 134 Å². The molecule has 0 radical (unpaired) electrons. The van der Waals surface area contributed by atoms with Crippen molar-refractivity contribution in [2.24, 2.45) is 5.92 Å². The molecular formula is C17H19NO5. The summed E-state index contributed by atoms with van der Waals surface area (Å²) in [5.74, 6) is -1.18. The largest absolute Gasteiger partial charge is 0.445 e. The van der Waals surface area contributed by atoms with Gasteiger partial charge >= 0.3 is 18.0 Å². The lowest BCUT2D eigenvalue weighted by Gasteiger charge is -2.31. The molecule has 0 aliphatic carbocycles. The Morgan fingerprint density at radius 3 is 2.57 bits per heavy atom. The number of esters is 2. The highest BCUT2D eigenvalue weighted by molar-refractivity contribution is 5.88. The van der Waals surface area contributed by atoms with Crippen LogP contribution in [0.3, 0.4) is 0 Å². The second-order valence-corrected chi connectivity index (χ2v) is 5.96. The molecule has 0 spiro atoms. The van der Waals surface area contributed by atoms with Crippen molar-refractivity contribution in [3.05, 3.63) is 35.9 Å². The van der Waals surface area contributed by atoms with Gasteiger partial charge in [-0.15, -0.1) is 0 Å². The number of carbonyl (C=O) groups excluding carboxylic acids is 3. The third kappa shape index (κ3) is 3.70. The maximum absolute atomic E-state index is 12.3. The van der Waals surface area contributed by atoms with Crippen molar-refractivity contribution in [3.63, 3.8) is 0 Å². The van der Waals surface area contributed by atoms with E-state index in [1.54, 1.807) is 4.90 Å². The van der Waals surface area contributed by atoms with E-state index in [1.165, 1.54) is 0 Å². The molecule has 2 aliphatic heterocycles. The molecular weight excluding hydrogens is 298 g/mol. The summed E-state index contributed by atoms with van der Waals surface area (Å²) < 4.78 is 9.94. The maximum atomic E-state index is 12.3. The van der Waals surface area contributed by atoms with Crippen LogP contribution in [-0.2, 0) is 25.7 Å². The predicted molar refractivity (Wildman–Crippen MR) is 80.2 cm³/mol. The molecule has 0 aromatic heterocycles. The predicted octanol–water partition coefficient (Wildman–Crippen LogP) is 2.27. The average Bonchev–Trinajstić information content (AvgIpc) is 3.02. The van der Waals surface area contributed by atoms with Gasteiger partial charge in [0.25, 0.3) is 0 Å². The van der Waals surface area contributed by atoms with Gasteiger partial charge in [-0.3, -0.25) is 9.59 Å². The van der Waals surface area contributed by atoms with E-state index in [1.807, 2.05) is 30.3 Å². The molecule has 2 aliphatic rings. The van der Waals surface area contributed by atoms with Crippen LogP contribution in [0.25, 0.3) is 0 Å². The molecule has 23 heavy (non-hydrogen) atoms. The van der Waals surface area contributed by atoms with Gasteiger partial charge in [-0.2, -0.15) is 0 Å². The van der Waals surface area contributed by atoms with Gasteiger partial charge in [-0.05, 0) is 18.4 Å². The minimum atomic E-state index is -0.504. The molecule has 0 bridgehead atoms. The van der Waals surface area contributed by atoms with E-state index in [4.69, 9.17) is 4.74 Å². The molecule has 1 aromatic carbocycles. The molecule has 2 heterocycles. The first-order valence-corrected chi connectivity index (χ1v) is 7.84. The van der Waals surface area contributed by atoms with Crippen molar-refractivity contribution in [2.45, 2.75) is 38.3 Å². The first-order chi connectivity index (χ1) is 11.1. The zero-order valence-electron chi connectivity index (χ0n) is 12.8. The highest BCUT2D eigenvalue weighted by Crippen LogP contribution is 2.31. The summed E-state index contributed by atoms with van der Waals surface area (Å²) in [5, 5.41) is 0. The van der Waals surface area contributed by atoms with Crippen LogP contribution in [0.2, 0.25) is 0 Å². The minimum absolute atomic E-state index is 0.130. The van der Waals surface area contributed by atoms with E-state index in [-0.39, 0.29) is 37.5 Å². The van der Waals surface area contributed by atoms with Crippen LogP contribution < -0.4 is 0 Å². The number of amides is 1. The lowest BCUT2D eigenvalue weighted by molar-refractivity contribution is -0.166. The summed E-state index contributed by atoms with van der Waals surface area (Å²) in [5.41, 5.74) is 0.924. The van der Waals surface area contributed by atoms with Gasteiger partial charge in [0.2, 0.25) is 0 Å². The SMILES string of the molecule is O=C1CC([C@@H]2CCCN2C(=O)OCc2ccccc2)CC(=O)O1. The summed E-state index contributed by atoms with van der Waals surface area (Å²) in [6.07, 6.45) is 1.61. The third-order valence-corrected chi connectivity index (χ3v) is 4.37. The number of rotatable bonds is 3. The summed E-state index contributed by atoms with van der Waals surface area (Å²) in [6, 6.07) is 9.34. The Kier molecular flexibility index (Phi) is 4.60. The normalized spacial score (nSPS) is 22.1. The van der Waals surface area contributed by atoms with Crippen molar-refractivity contribution < 1.29 is 23.9 Å². The second kappa shape index (κ2) is 6.81. The Morgan fingerprint density at radius 1 is 1.17 bits per heavy atom. The zero-order chi connectivity index (χ0) is 16.2. The standard InChI is InChI=1S/C17H19NO5/c19-15-9-13(10-16(20)23-15)14-7-4-8-18(14)17(21)22-11-12-5-2-1-3-6-12/h1-3,5-6,13-14H,4,7-11H2/t14-/m0/s1. The molecule has 0 N–H and O–H groups in total. The Balaban J connectivity index is 1.60. The Morgan fingerprint density at radius 2 is 1.87 bits per heavy atom. The van der Waals surface area contributed by atoms with Crippen molar-refractivity contribution >= 4 is 18.0 Å². The Bertz CT molecular complexity index is 584. The summed E-state index contributed by atoms with van der Waals surface area (Å²) in [7, 11) is 0. The summed E-state index contributed by atoms with van der Waals surface area (Å²) in [6.45, 7) is 0.812. The number of carbonyl (C=O) groups is 3. The van der Waals surface area contributed by atoms with Crippen molar-refractivity contribution in [1.82, 2.24) is 4.90 Å². The molecule has 2 fully saturated rings. The fraction of sp³-hybridized carbons (Fsp3) is 0.471. The number of benzene rings is 1. The van der Waals surface area contributed by atoms with E-state index in [0.29, 0.717) is 6.54 Å². The molecule has 1 amide bonds. The van der Waals surface area contributed by atoms with Crippen LogP contribution >= 0.6 is 0 Å². The fourth-order valence-corrected chi connectivity index (χ4v) is 3.29. The molecule has 1 aromatic rings. The first-order valence-electron chi connectivity index (χ1n) is 7.84. The van der Waals surface area contributed by atoms with E-state index in [9.17, 15) is 14.4 Å². The van der Waals surface area contributed by atoms with Gasteiger partial charge in [-0.1, -0.05) is 30.3 Å². The van der Waals surface area contributed by atoms with Gasteiger partial charge in [0.05, 0.1) is 12.8 Å². The smallest absolute Gasteiger partial charge is 0.410 e. The summed E-state index contributed by atoms with van der Waals surface area (Å²) >= 11 is 0. The van der Waals surface area contributed by atoms with Gasteiger partial charge < -0.3 is 14.4 Å². The van der Waals surface area contributed by atoms with Gasteiger partial charge in [0.15, 0.2) is 0 Å². The maximum Gasteiger partial charge on any atom is 0.410 e. The van der Waals surface area contributed by atoms with E-state index in [2.05, 4.69) is 4.74 Å². The van der Waals surface area contributed by atoms with Crippen molar-refractivity contribution in [3.8, 4) is 0 Å². The monoisotopic (exact) mass is 317 g/mol. The lowest BCUT2D eigenvalue weighted by Crippen LogP contribution is -2.43. The Hall–Kier alpha value is -2.37. The van der Waals surface area contributed by atoms with Crippen LogP contribution in [0.4, 0.5) is 4.79 Å². The molecule has 1 atom stereocenters. The van der Waals surface area contributed by atoms with E-state index >= 15 is 0 Å². The molecule has 6 heteroatoms. The molecule has 0 unspecified atom stereocenters. The number of ether oxygens (including phenoxy) is 2. The van der Waals surface area contributed by atoms with Crippen LogP contribution in [0.5, 0.6) is 0 Å². The van der Waals surface area contributed by atoms with Crippen LogP contribution in [0, 0.1) is 5.92 Å². The number of nitrogens with zero attached hydrogens (tertiary/aromatic N) is 1. The van der Waals surface area contributed by atoms with Gasteiger partial charge in [0, 0.05) is 18.5 Å². The van der Waals surface area contributed by atoms with Crippen molar-refractivity contribution in [1.29, 1.82) is 0 Å². The van der Waals surface area contributed by atoms with Crippen LogP contribution in [0.15, 0.2) is 30.3 Å². The molecule has 6 nitrogen and oxygen atoms in total. The zero-order valence-corrected chi connectivity index (χ0v) is 12.8. The van der Waals surface area contributed by atoms with Gasteiger partial charge in [-0.25, -0.2) is 4.79 Å². The average molecular weight is 317 g/mol. The molecule has 3 rings (SSSR count). The van der Waals surface area contributed by atoms with E-state index in [0.717, 1.165) is 18.4 Å². The van der Waals surface area contributed by atoms with Crippen molar-refractivity contribution in [2.75, 3.05) is 6.54 Å². The van der Waals surface area contributed by atoms with E-state index < -0.39 is 11.9 Å². The lowest BCUT2D eigenvalue weighted by atomic mass is 9.89. The molecule has 2 saturated heterocycles. The number of hydrogen-bond acceptors (Lipinski definition) is 5. The van der Waals surface area contributed by atoms with Crippen LogP contribution in [-0.4, -0.2) is 35.5 Å². The summed E-state index contributed by atoms with van der Waals surface area (Å²) in [4.78, 5) is 36.9. The fourth-order valence-electron chi connectivity index (χ4n) is 3.29. The number of cyclic esters (lactones) is 2. The van der Waals surface area contributed by atoms with Crippen LogP contribution in [0.1, 0.15) is 31.2 Å². The number of likely N-dealkylation sites (tertiary alicyclic amines) is 1. The highest BCUT2D eigenvalue weighted by Gasteiger charge is 2.40. The van der Waals surface area contributed by atoms with Gasteiger partial charge in [0.1, 0.15) is 6.61 Å². The molecule has 122 valence electrons. The third-order valence-electron chi connectivity index (χ3n) is 4.37. The number of hydrogen-bond donors (Lipinski definition) is 0. The highest BCUT2D eigenvalue weighted by atomic mass is 16.6.